The van der Waals surface area contributed by atoms with E-state index < -0.39 is 0 Å². The first-order valence-corrected chi connectivity index (χ1v) is 11.5. The van der Waals surface area contributed by atoms with Crippen LogP contribution < -0.4 is 5.32 Å². The molecule has 4 saturated carbocycles. The number of hydrogen-bond donors (Lipinski definition) is 1. The number of nitrogens with one attached hydrogen (secondary N) is 1. The van der Waals surface area contributed by atoms with Crippen LogP contribution in [0.15, 0.2) is 18.5 Å². The van der Waals surface area contributed by atoms with Crippen molar-refractivity contribution < 1.29 is 4.79 Å². The quantitative estimate of drug-likeness (QED) is 0.775. The molecule has 6 heteroatoms. The van der Waals surface area contributed by atoms with Crippen molar-refractivity contribution in [3.8, 4) is 0 Å². The smallest absolute Gasteiger partial charge is 0.228 e. The molecule has 3 unspecified atom stereocenters. The molecule has 4 aliphatic carbocycles. The molecule has 2 heterocycles. The van der Waals surface area contributed by atoms with Gasteiger partial charge in [-0.3, -0.25) is 14.2 Å². The number of carbonyl (C=O) groups excluding carboxylic acids is 1. The first kappa shape index (κ1) is 18.9. The molecule has 0 aliphatic heterocycles. The second-order valence-corrected chi connectivity index (χ2v) is 9.62. The Morgan fingerprint density at radius 2 is 2.07 bits per heavy atom. The zero-order chi connectivity index (χ0) is 20.2. The zero-order valence-electron chi connectivity index (χ0n) is 17.9. The van der Waals surface area contributed by atoms with E-state index in [1.165, 1.54) is 37.1 Å². The van der Waals surface area contributed by atoms with Crippen LogP contribution in [-0.2, 0) is 16.6 Å². The van der Waals surface area contributed by atoms with Gasteiger partial charge in [-0.15, -0.1) is 0 Å². The summed E-state index contributed by atoms with van der Waals surface area (Å²) in [5, 5.41) is 12.5. The van der Waals surface area contributed by atoms with Crippen molar-refractivity contribution in [3.05, 3.63) is 29.8 Å². The summed E-state index contributed by atoms with van der Waals surface area (Å²) in [5.41, 5.74) is 3.31. The highest BCUT2D eigenvalue weighted by atomic mass is 16.2. The summed E-state index contributed by atoms with van der Waals surface area (Å²) in [7, 11) is 0. The average Bonchev–Trinajstić information content (AvgIpc) is 3.48. The Morgan fingerprint density at radius 3 is 2.76 bits per heavy atom. The molecule has 1 amide bonds. The van der Waals surface area contributed by atoms with Crippen LogP contribution in [0.5, 0.6) is 0 Å². The maximum atomic E-state index is 13.5. The second kappa shape index (κ2) is 6.99. The minimum absolute atomic E-state index is 0.0383. The lowest BCUT2D eigenvalue weighted by Gasteiger charge is -2.46. The summed E-state index contributed by atoms with van der Waals surface area (Å²) in [6.45, 7) is 6.49. The van der Waals surface area contributed by atoms with Gasteiger partial charge >= 0.3 is 0 Å². The normalized spacial score (nSPS) is 28.8. The maximum Gasteiger partial charge on any atom is 0.228 e. The predicted molar refractivity (Wildman–Crippen MR) is 113 cm³/mol. The highest BCUT2D eigenvalue weighted by Gasteiger charge is 2.64. The van der Waals surface area contributed by atoms with E-state index in [1.54, 1.807) is 0 Å². The van der Waals surface area contributed by atoms with Gasteiger partial charge in [-0.1, -0.05) is 19.8 Å². The molecular weight excluding hydrogens is 362 g/mol. The first-order valence-electron chi connectivity index (χ1n) is 11.5. The number of nitrogens with zero attached hydrogens (tertiary/aromatic N) is 4. The molecule has 4 aliphatic rings. The largest absolute Gasteiger partial charge is 0.323 e. The van der Waals surface area contributed by atoms with Crippen LogP contribution in [-0.4, -0.2) is 25.5 Å². The molecular formula is C23H33N5O. The number of amides is 1. The lowest BCUT2D eigenvalue weighted by atomic mass is 9.58. The minimum Gasteiger partial charge on any atom is -0.323 e. The minimum atomic E-state index is -0.0383. The van der Waals surface area contributed by atoms with Crippen LogP contribution in [0.4, 0.5) is 5.69 Å². The molecule has 156 valence electrons. The van der Waals surface area contributed by atoms with Gasteiger partial charge in [-0.2, -0.15) is 10.2 Å². The van der Waals surface area contributed by atoms with Gasteiger partial charge in [-0.25, -0.2) is 0 Å². The number of rotatable bonds is 6. The molecule has 3 atom stereocenters. The van der Waals surface area contributed by atoms with Crippen LogP contribution in [0.25, 0.3) is 0 Å². The molecule has 0 aromatic carbocycles. The van der Waals surface area contributed by atoms with Gasteiger partial charge in [0, 0.05) is 23.3 Å². The maximum absolute atomic E-state index is 13.5. The fraction of sp³-hybridized carbons (Fsp3) is 0.696. The van der Waals surface area contributed by atoms with Crippen LogP contribution in [0.1, 0.15) is 89.2 Å². The lowest BCUT2D eigenvalue weighted by molar-refractivity contribution is -0.127. The van der Waals surface area contributed by atoms with Gasteiger partial charge in [0.15, 0.2) is 0 Å². The fourth-order valence-corrected chi connectivity index (χ4v) is 6.47. The summed E-state index contributed by atoms with van der Waals surface area (Å²) in [4.78, 5) is 13.5. The molecule has 29 heavy (non-hydrogen) atoms. The number of hydrogen-bond acceptors (Lipinski definition) is 3. The summed E-state index contributed by atoms with van der Waals surface area (Å²) >= 11 is 0. The van der Waals surface area contributed by atoms with E-state index in [9.17, 15) is 4.79 Å². The fourth-order valence-electron chi connectivity index (χ4n) is 6.47. The Labute approximate surface area is 173 Å². The molecule has 4 fully saturated rings. The topological polar surface area (TPSA) is 64.7 Å². The van der Waals surface area contributed by atoms with Crippen molar-refractivity contribution >= 4 is 11.6 Å². The Kier molecular flexibility index (Phi) is 4.56. The first-order chi connectivity index (χ1) is 14.0. The Balaban J connectivity index is 1.40. The average molecular weight is 396 g/mol. The highest BCUT2D eigenvalue weighted by molar-refractivity contribution is 5.95. The molecule has 0 spiro atoms. The third-order valence-electron chi connectivity index (χ3n) is 7.77. The zero-order valence-corrected chi connectivity index (χ0v) is 17.9. The third kappa shape index (κ3) is 2.78. The lowest BCUT2D eigenvalue weighted by Crippen LogP contribution is -2.51. The van der Waals surface area contributed by atoms with Gasteiger partial charge in [0.1, 0.15) is 0 Å². The SMILES string of the molecule is CCc1c(NC(=O)C2C3CCC2(c2ccnn2C(C)C)C3)cnn1C1CCCC1. The summed E-state index contributed by atoms with van der Waals surface area (Å²) in [5.74, 6) is 0.729. The molecule has 6 nitrogen and oxygen atoms in total. The van der Waals surface area contributed by atoms with E-state index in [0.29, 0.717) is 18.0 Å². The van der Waals surface area contributed by atoms with Gasteiger partial charge in [0.2, 0.25) is 5.91 Å². The molecule has 0 radical (unpaired) electrons. The monoisotopic (exact) mass is 395 g/mol. The predicted octanol–water partition coefficient (Wildman–Crippen LogP) is 4.64. The van der Waals surface area contributed by atoms with Crippen LogP contribution in [0.3, 0.4) is 0 Å². The number of fused-ring (bicyclic) bond motifs is 1. The Hall–Kier alpha value is -2.11. The molecule has 2 bridgehead atoms. The third-order valence-corrected chi connectivity index (χ3v) is 7.77. The van der Waals surface area contributed by atoms with E-state index >= 15 is 0 Å². The number of carbonyl (C=O) groups is 1. The molecule has 0 saturated heterocycles. The van der Waals surface area contributed by atoms with E-state index in [1.807, 2.05) is 12.4 Å². The van der Waals surface area contributed by atoms with Gasteiger partial charge in [0.05, 0.1) is 29.5 Å². The second-order valence-electron chi connectivity index (χ2n) is 9.62. The number of anilines is 1. The molecule has 1 N–H and O–H groups in total. The molecule has 6 rings (SSSR count). The van der Waals surface area contributed by atoms with Gasteiger partial charge in [0.25, 0.3) is 0 Å². The van der Waals surface area contributed by atoms with Crippen molar-refractivity contribution in [1.82, 2.24) is 19.6 Å². The summed E-state index contributed by atoms with van der Waals surface area (Å²) < 4.78 is 4.30. The Morgan fingerprint density at radius 1 is 1.28 bits per heavy atom. The summed E-state index contributed by atoms with van der Waals surface area (Å²) in [6, 6.07) is 2.95. The summed E-state index contributed by atoms with van der Waals surface area (Å²) in [6.07, 6.45) is 13.0. The van der Waals surface area contributed by atoms with E-state index in [-0.39, 0.29) is 17.2 Å². The van der Waals surface area contributed by atoms with Crippen molar-refractivity contribution in [1.29, 1.82) is 0 Å². The van der Waals surface area contributed by atoms with Crippen molar-refractivity contribution in [2.75, 3.05) is 5.32 Å². The van der Waals surface area contributed by atoms with Crippen molar-refractivity contribution in [2.24, 2.45) is 11.8 Å². The van der Waals surface area contributed by atoms with E-state index in [0.717, 1.165) is 31.4 Å². The van der Waals surface area contributed by atoms with Crippen LogP contribution >= 0.6 is 0 Å². The van der Waals surface area contributed by atoms with Crippen molar-refractivity contribution in [3.63, 3.8) is 0 Å². The van der Waals surface area contributed by atoms with E-state index in [2.05, 4.69) is 51.7 Å². The van der Waals surface area contributed by atoms with Gasteiger partial charge < -0.3 is 5.32 Å². The van der Waals surface area contributed by atoms with Crippen molar-refractivity contribution in [2.45, 2.75) is 89.6 Å². The van der Waals surface area contributed by atoms with Crippen LogP contribution in [0, 0.1) is 11.8 Å². The molecule has 2 aromatic heterocycles. The van der Waals surface area contributed by atoms with E-state index in [4.69, 9.17) is 0 Å². The highest BCUT2D eigenvalue weighted by Crippen LogP contribution is 2.64. The number of aromatic nitrogens is 4. The Bertz CT molecular complexity index is 902. The van der Waals surface area contributed by atoms with Crippen LogP contribution in [0.2, 0.25) is 0 Å². The standard InChI is InChI=1S/C23H33N5O/c1-4-19-18(14-25-28(19)17-7-5-6-8-17)26-22(29)21-16-9-11-23(21,13-16)20-10-12-24-27(20)15(2)3/h10,12,14-17,21H,4-9,11,13H2,1-3H3,(H,26,29). The molecule has 2 aromatic rings. The van der Waals surface area contributed by atoms with Gasteiger partial charge in [-0.05, 0) is 64.4 Å².